The van der Waals surface area contributed by atoms with Crippen LogP contribution in [0.4, 0.5) is 0 Å². The molecule has 0 aromatic heterocycles. The van der Waals surface area contributed by atoms with Crippen LogP contribution >= 0.6 is 0 Å². The fraction of sp³-hybridized carbons (Fsp3) is 0.500. The molecule has 120 valence electrons. The van der Waals surface area contributed by atoms with Crippen LogP contribution in [0.5, 0.6) is 5.75 Å². The van der Waals surface area contributed by atoms with Gasteiger partial charge in [-0.15, -0.1) is 0 Å². The van der Waals surface area contributed by atoms with Crippen molar-refractivity contribution in [2.45, 2.75) is 33.0 Å². The number of aromatic hydroxyl groups is 1. The van der Waals surface area contributed by atoms with Crippen LogP contribution in [0.25, 0.3) is 0 Å². The highest BCUT2D eigenvalue weighted by atomic mass is 16.5. The summed E-state index contributed by atoms with van der Waals surface area (Å²) in [5.41, 5.74) is 0.892. The number of hydrogen-bond acceptors (Lipinski definition) is 5. The van der Waals surface area contributed by atoms with E-state index in [2.05, 4.69) is 0 Å². The van der Waals surface area contributed by atoms with Crippen LogP contribution in [-0.2, 0) is 14.3 Å². The van der Waals surface area contributed by atoms with E-state index in [1.165, 1.54) is 6.07 Å². The average Bonchev–Trinajstić information content (AvgIpc) is 2.46. The van der Waals surface area contributed by atoms with Crippen molar-refractivity contribution in [1.29, 1.82) is 0 Å². The van der Waals surface area contributed by atoms with E-state index in [9.17, 15) is 14.7 Å². The lowest BCUT2D eigenvalue weighted by Crippen LogP contribution is -2.49. The van der Waals surface area contributed by atoms with Crippen molar-refractivity contribution in [3.8, 4) is 5.75 Å². The molecule has 2 rings (SSSR count). The Morgan fingerprint density at radius 2 is 1.95 bits per heavy atom. The molecular weight excluding hydrogens is 286 g/mol. The number of nitrogens with zero attached hydrogens (tertiary/aromatic N) is 1. The van der Waals surface area contributed by atoms with Gasteiger partial charge in [-0.2, -0.15) is 0 Å². The first kappa shape index (κ1) is 16.3. The van der Waals surface area contributed by atoms with E-state index in [1.54, 1.807) is 24.0 Å². The van der Waals surface area contributed by atoms with Gasteiger partial charge in [0.05, 0.1) is 17.8 Å². The van der Waals surface area contributed by atoms with Crippen LogP contribution < -0.4 is 0 Å². The van der Waals surface area contributed by atoms with Gasteiger partial charge in [0.15, 0.2) is 6.61 Å². The third-order valence-electron chi connectivity index (χ3n) is 3.54. The van der Waals surface area contributed by atoms with E-state index in [0.29, 0.717) is 18.7 Å². The Hall–Kier alpha value is -2.08. The lowest BCUT2D eigenvalue weighted by molar-refractivity contribution is -0.146. The Balaban J connectivity index is 1.90. The summed E-state index contributed by atoms with van der Waals surface area (Å²) in [5, 5.41) is 9.59. The van der Waals surface area contributed by atoms with Crippen molar-refractivity contribution >= 4 is 11.9 Å². The Morgan fingerprint density at radius 3 is 2.55 bits per heavy atom. The minimum absolute atomic E-state index is 0.0246. The number of hydrogen-bond donors (Lipinski definition) is 1. The zero-order valence-electron chi connectivity index (χ0n) is 13.0. The third-order valence-corrected chi connectivity index (χ3v) is 3.54. The highest BCUT2D eigenvalue weighted by Crippen LogP contribution is 2.18. The van der Waals surface area contributed by atoms with E-state index in [-0.39, 0.29) is 36.0 Å². The molecule has 6 nitrogen and oxygen atoms in total. The quantitative estimate of drug-likeness (QED) is 0.856. The number of amides is 1. The lowest BCUT2D eigenvalue weighted by Gasteiger charge is -2.35. The first-order chi connectivity index (χ1) is 10.4. The molecule has 1 amide bonds. The van der Waals surface area contributed by atoms with Gasteiger partial charge in [0, 0.05) is 13.1 Å². The van der Waals surface area contributed by atoms with E-state index in [4.69, 9.17) is 9.47 Å². The number of rotatable bonds is 3. The molecule has 6 heteroatoms. The van der Waals surface area contributed by atoms with Crippen LogP contribution in [0.2, 0.25) is 0 Å². The first-order valence-electron chi connectivity index (χ1n) is 7.26. The summed E-state index contributed by atoms with van der Waals surface area (Å²) < 4.78 is 10.6. The van der Waals surface area contributed by atoms with Gasteiger partial charge in [-0.3, -0.25) is 4.79 Å². The second kappa shape index (κ2) is 6.79. The van der Waals surface area contributed by atoms with Crippen molar-refractivity contribution < 1.29 is 24.2 Å². The summed E-state index contributed by atoms with van der Waals surface area (Å²) in [7, 11) is 0. The highest BCUT2D eigenvalue weighted by molar-refractivity contribution is 5.91. The number of carbonyl (C=O) groups excluding carboxylic acids is 2. The van der Waals surface area contributed by atoms with Crippen molar-refractivity contribution in [3.05, 3.63) is 29.3 Å². The van der Waals surface area contributed by atoms with Gasteiger partial charge < -0.3 is 19.5 Å². The summed E-state index contributed by atoms with van der Waals surface area (Å²) in [4.78, 5) is 25.6. The summed E-state index contributed by atoms with van der Waals surface area (Å²) in [6, 6.07) is 4.51. The van der Waals surface area contributed by atoms with Crippen molar-refractivity contribution in [1.82, 2.24) is 4.90 Å². The van der Waals surface area contributed by atoms with Crippen LogP contribution in [-0.4, -0.2) is 53.8 Å². The highest BCUT2D eigenvalue weighted by Gasteiger charge is 2.26. The average molecular weight is 307 g/mol. The van der Waals surface area contributed by atoms with Crippen molar-refractivity contribution in [2.24, 2.45) is 0 Å². The molecular formula is C16H21NO5. The maximum absolute atomic E-state index is 12.1. The zero-order chi connectivity index (χ0) is 16.3. The number of phenols is 1. The molecule has 1 fully saturated rings. The van der Waals surface area contributed by atoms with Gasteiger partial charge in [-0.05, 0) is 38.5 Å². The van der Waals surface area contributed by atoms with Crippen LogP contribution in [0, 0.1) is 6.92 Å². The topological polar surface area (TPSA) is 76.1 Å². The SMILES string of the molecule is Cc1ccc(C(=O)OCC(=O)N2CC(C)OC(C)C2)cc1O. The molecule has 0 aliphatic carbocycles. The van der Waals surface area contributed by atoms with E-state index < -0.39 is 5.97 Å². The summed E-state index contributed by atoms with van der Waals surface area (Å²) >= 11 is 0. The molecule has 1 aromatic carbocycles. The minimum atomic E-state index is -0.627. The van der Waals surface area contributed by atoms with Gasteiger partial charge in [0.1, 0.15) is 5.75 Å². The fourth-order valence-electron chi connectivity index (χ4n) is 2.42. The number of aryl methyl sites for hydroxylation is 1. The first-order valence-corrected chi connectivity index (χ1v) is 7.26. The summed E-state index contributed by atoms with van der Waals surface area (Å²) in [6.45, 7) is 6.20. The molecule has 1 N–H and O–H groups in total. The zero-order valence-corrected chi connectivity index (χ0v) is 13.0. The Kier molecular flexibility index (Phi) is 5.03. The maximum atomic E-state index is 12.1. The normalized spacial score (nSPS) is 21.5. The molecule has 1 aliphatic heterocycles. The molecule has 22 heavy (non-hydrogen) atoms. The molecule has 0 saturated carbocycles. The molecule has 1 heterocycles. The number of benzene rings is 1. The second-order valence-corrected chi connectivity index (χ2v) is 5.63. The Bertz CT molecular complexity index is 562. The van der Waals surface area contributed by atoms with Crippen LogP contribution in [0.15, 0.2) is 18.2 Å². The molecule has 1 aliphatic rings. The van der Waals surface area contributed by atoms with Gasteiger partial charge in [-0.25, -0.2) is 4.79 Å². The lowest BCUT2D eigenvalue weighted by atomic mass is 10.1. The number of morpholine rings is 1. The molecule has 2 atom stereocenters. The minimum Gasteiger partial charge on any atom is -0.508 e. The van der Waals surface area contributed by atoms with E-state index in [1.807, 2.05) is 13.8 Å². The second-order valence-electron chi connectivity index (χ2n) is 5.63. The third kappa shape index (κ3) is 3.98. The Labute approximate surface area is 129 Å². The molecule has 0 spiro atoms. The molecule has 0 radical (unpaired) electrons. The summed E-state index contributed by atoms with van der Waals surface area (Å²) in [5.74, 6) is -0.846. The molecule has 0 bridgehead atoms. The predicted octanol–water partition coefficient (Wildman–Crippen LogP) is 1.49. The van der Waals surface area contributed by atoms with Gasteiger partial charge in [0.25, 0.3) is 5.91 Å². The van der Waals surface area contributed by atoms with Gasteiger partial charge in [0.2, 0.25) is 0 Å². The Morgan fingerprint density at radius 1 is 1.32 bits per heavy atom. The number of esters is 1. The summed E-state index contributed by atoms with van der Waals surface area (Å²) in [6.07, 6.45) is -0.0603. The molecule has 1 aromatic rings. The van der Waals surface area contributed by atoms with Crippen molar-refractivity contribution in [2.75, 3.05) is 19.7 Å². The maximum Gasteiger partial charge on any atom is 0.338 e. The van der Waals surface area contributed by atoms with Crippen molar-refractivity contribution in [3.63, 3.8) is 0 Å². The predicted molar refractivity (Wildman–Crippen MR) is 79.7 cm³/mol. The number of phenolic OH excluding ortho intramolecular Hbond substituents is 1. The van der Waals surface area contributed by atoms with Crippen LogP contribution in [0.3, 0.4) is 0 Å². The fourth-order valence-corrected chi connectivity index (χ4v) is 2.42. The number of carbonyl (C=O) groups is 2. The van der Waals surface area contributed by atoms with Crippen LogP contribution in [0.1, 0.15) is 29.8 Å². The monoisotopic (exact) mass is 307 g/mol. The standard InChI is InChI=1S/C16H21NO5/c1-10-4-5-13(6-14(10)18)16(20)21-9-15(19)17-7-11(2)22-12(3)8-17/h4-6,11-12,18H,7-9H2,1-3H3. The van der Waals surface area contributed by atoms with E-state index in [0.717, 1.165) is 0 Å². The molecule has 1 saturated heterocycles. The smallest absolute Gasteiger partial charge is 0.338 e. The van der Waals surface area contributed by atoms with E-state index >= 15 is 0 Å². The van der Waals surface area contributed by atoms with Gasteiger partial charge in [-0.1, -0.05) is 6.07 Å². The largest absolute Gasteiger partial charge is 0.508 e. The van der Waals surface area contributed by atoms with Gasteiger partial charge >= 0.3 is 5.97 Å². The number of ether oxygens (including phenoxy) is 2. The molecule has 2 unspecified atom stereocenters.